The lowest BCUT2D eigenvalue weighted by molar-refractivity contribution is -0.135. The van der Waals surface area contributed by atoms with Crippen LogP contribution in [0.15, 0.2) is 54.6 Å². The minimum atomic E-state index is -0.472. The number of rotatable bonds is 9. The topological polar surface area (TPSA) is 49.4 Å². The van der Waals surface area contributed by atoms with E-state index < -0.39 is 6.04 Å². The highest BCUT2D eigenvalue weighted by atomic mass is 16.2. The summed E-state index contributed by atoms with van der Waals surface area (Å²) in [5, 5.41) is 3.02. The smallest absolute Gasteiger partial charge is 0.245 e. The highest BCUT2D eigenvalue weighted by Gasteiger charge is 2.27. The number of benzene rings is 2. The Hall–Kier alpha value is -2.62. The van der Waals surface area contributed by atoms with Gasteiger partial charge in [-0.3, -0.25) is 9.59 Å². The average molecular weight is 393 g/mol. The van der Waals surface area contributed by atoms with E-state index in [1.54, 1.807) is 0 Å². The number of carbonyl (C=O) groups is 2. The number of hydrogen-bond donors (Lipinski definition) is 1. The maximum absolute atomic E-state index is 12.9. The molecule has 1 fully saturated rings. The summed E-state index contributed by atoms with van der Waals surface area (Å²) in [4.78, 5) is 27.4. The zero-order chi connectivity index (χ0) is 20.5. The molecule has 1 unspecified atom stereocenters. The van der Waals surface area contributed by atoms with Crippen LogP contribution in [0, 0.1) is 6.92 Å². The summed E-state index contributed by atoms with van der Waals surface area (Å²) < 4.78 is 0. The second kappa shape index (κ2) is 10.8. The van der Waals surface area contributed by atoms with E-state index in [9.17, 15) is 9.59 Å². The van der Waals surface area contributed by atoms with Gasteiger partial charge >= 0.3 is 0 Å². The zero-order valence-electron chi connectivity index (χ0n) is 17.4. The predicted octanol–water partition coefficient (Wildman–Crippen LogP) is 4.06. The first-order valence-corrected chi connectivity index (χ1v) is 10.8. The normalized spacial score (nSPS) is 14.6. The van der Waals surface area contributed by atoms with E-state index in [1.807, 2.05) is 35.2 Å². The van der Waals surface area contributed by atoms with Crippen LogP contribution in [0.25, 0.3) is 0 Å². The lowest BCUT2D eigenvalue weighted by Gasteiger charge is -2.24. The van der Waals surface area contributed by atoms with E-state index in [0.29, 0.717) is 12.8 Å². The first-order valence-electron chi connectivity index (χ1n) is 10.8. The molecule has 4 nitrogen and oxygen atoms in total. The first-order chi connectivity index (χ1) is 14.1. The Bertz CT molecular complexity index is 780. The number of nitrogens with one attached hydrogen (secondary N) is 1. The molecular weight excluding hydrogens is 360 g/mol. The molecule has 1 atom stereocenters. The van der Waals surface area contributed by atoms with Crippen LogP contribution < -0.4 is 5.32 Å². The number of amides is 2. The fourth-order valence-electron chi connectivity index (χ4n) is 3.84. The molecule has 3 rings (SSSR count). The molecule has 154 valence electrons. The van der Waals surface area contributed by atoms with E-state index in [-0.39, 0.29) is 11.8 Å². The highest BCUT2D eigenvalue weighted by Crippen LogP contribution is 2.13. The molecule has 0 radical (unpaired) electrons. The summed E-state index contributed by atoms with van der Waals surface area (Å²) in [7, 11) is 0. The van der Waals surface area contributed by atoms with E-state index in [1.165, 1.54) is 11.1 Å². The Kier molecular flexibility index (Phi) is 7.85. The van der Waals surface area contributed by atoms with Crippen molar-refractivity contribution in [3.63, 3.8) is 0 Å². The monoisotopic (exact) mass is 392 g/mol. The molecule has 1 N–H and O–H groups in total. The quantitative estimate of drug-likeness (QED) is 0.654. The van der Waals surface area contributed by atoms with E-state index in [4.69, 9.17) is 0 Å². The molecule has 4 heteroatoms. The van der Waals surface area contributed by atoms with Crippen molar-refractivity contribution in [2.45, 2.75) is 57.9 Å². The molecule has 2 aromatic rings. The van der Waals surface area contributed by atoms with Gasteiger partial charge in [0.05, 0.1) is 0 Å². The number of aryl methyl sites for hydroxylation is 2. The van der Waals surface area contributed by atoms with Gasteiger partial charge in [0.2, 0.25) is 11.8 Å². The van der Waals surface area contributed by atoms with Gasteiger partial charge in [-0.25, -0.2) is 0 Å². The summed E-state index contributed by atoms with van der Waals surface area (Å²) in [5.41, 5.74) is 3.65. The summed E-state index contributed by atoms with van der Waals surface area (Å²) in [6, 6.07) is 18.0. The molecule has 1 saturated heterocycles. The summed E-state index contributed by atoms with van der Waals surface area (Å²) in [5.74, 6) is 0.0294. The van der Waals surface area contributed by atoms with Gasteiger partial charge in [0, 0.05) is 25.9 Å². The number of likely N-dealkylation sites (tertiary alicyclic amines) is 1. The number of nitrogens with zero attached hydrogens (tertiary/aromatic N) is 1. The molecule has 1 heterocycles. The van der Waals surface area contributed by atoms with Crippen molar-refractivity contribution in [2.75, 3.05) is 13.1 Å². The number of hydrogen-bond acceptors (Lipinski definition) is 2. The maximum Gasteiger partial charge on any atom is 0.245 e. The van der Waals surface area contributed by atoms with Crippen molar-refractivity contribution in [1.82, 2.24) is 10.2 Å². The lowest BCUT2D eigenvalue weighted by Crippen LogP contribution is -2.48. The third-order valence-corrected chi connectivity index (χ3v) is 5.57. The van der Waals surface area contributed by atoms with Gasteiger partial charge in [-0.2, -0.15) is 0 Å². The van der Waals surface area contributed by atoms with Crippen LogP contribution >= 0.6 is 0 Å². The molecule has 1 aliphatic heterocycles. The van der Waals surface area contributed by atoms with Crippen molar-refractivity contribution in [1.29, 1.82) is 0 Å². The Morgan fingerprint density at radius 2 is 1.62 bits per heavy atom. The molecule has 0 bridgehead atoms. The molecule has 0 saturated carbocycles. The van der Waals surface area contributed by atoms with Crippen LogP contribution in [0.1, 0.15) is 48.8 Å². The van der Waals surface area contributed by atoms with Gasteiger partial charge in [-0.05, 0) is 50.2 Å². The Balaban J connectivity index is 1.49. The van der Waals surface area contributed by atoms with Gasteiger partial charge in [-0.15, -0.1) is 0 Å². The Labute approximate surface area is 174 Å². The Morgan fingerprint density at radius 3 is 2.31 bits per heavy atom. The minimum absolute atomic E-state index is 0.0256. The Morgan fingerprint density at radius 1 is 0.931 bits per heavy atom. The molecule has 2 amide bonds. The van der Waals surface area contributed by atoms with E-state index >= 15 is 0 Å². The summed E-state index contributed by atoms with van der Waals surface area (Å²) in [6.45, 7) is 3.69. The predicted molar refractivity (Wildman–Crippen MR) is 117 cm³/mol. The number of unbranched alkanes of at least 4 members (excludes halogenated alkanes) is 1. The maximum atomic E-state index is 12.9. The SMILES string of the molecule is Cc1ccc(CCCCC(=O)NC(Cc2ccccc2)C(=O)N2CCCC2)cc1. The standard InChI is InChI=1S/C25H32N2O2/c1-20-13-15-21(16-14-20)9-5-6-12-24(28)26-23(19-22-10-3-2-4-11-22)25(29)27-17-7-8-18-27/h2-4,10-11,13-16,23H,5-9,12,17-19H2,1H3,(H,26,28). The van der Waals surface area contributed by atoms with Gasteiger partial charge < -0.3 is 10.2 Å². The van der Waals surface area contributed by atoms with Crippen molar-refractivity contribution in [2.24, 2.45) is 0 Å². The lowest BCUT2D eigenvalue weighted by atomic mass is 10.0. The van der Waals surface area contributed by atoms with Crippen LogP contribution in [0.3, 0.4) is 0 Å². The second-order valence-electron chi connectivity index (χ2n) is 8.03. The van der Waals surface area contributed by atoms with E-state index in [0.717, 1.165) is 50.8 Å². The van der Waals surface area contributed by atoms with Crippen LogP contribution in [-0.2, 0) is 22.4 Å². The number of carbonyl (C=O) groups excluding carboxylic acids is 2. The van der Waals surface area contributed by atoms with Crippen LogP contribution in [0.2, 0.25) is 0 Å². The average Bonchev–Trinajstić information content (AvgIpc) is 3.27. The van der Waals surface area contributed by atoms with Crippen molar-refractivity contribution < 1.29 is 9.59 Å². The molecule has 1 aliphatic rings. The molecule has 0 aliphatic carbocycles. The summed E-state index contributed by atoms with van der Waals surface area (Å²) >= 11 is 0. The van der Waals surface area contributed by atoms with Crippen LogP contribution in [-0.4, -0.2) is 35.8 Å². The second-order valence-corrected chi connectivity index (χ2v) is 8.03. The zero-order valence-corrected chi connectivity index (χ0v) is 17.4. The fraction of sp³-hybridized carbons (Fsp3) is 0.440. The van der Waals surface area contributed by atoms with Crippen molar-refractivity contribution in [3.05, 3.63) is 71.3 Å². The summed E-state index contributed by atoms with van der Waals surface area (Å²) in [6.07, 6.45) is 5.90. The molecular formula is C25H32N2O2. The molecule has 0 aromatic heterocycles. The van der Waals surface area contributed by atoms with Gasteiger partial charge in [0.1, 0.15) is 6.04 Å². The van der Waals surface area contributed by atoms with E-state index in [2.05, 4.69) is 36.5 Å². The van der Waals surface area contributed by atoms with Crippen LogP contribution in [0.5, 0.6) is 0 Å². The van der Waals surface area contributed by atoms with Gasteiger partial charge in [0.25, 0.3) is 0 Å². The third-order valence-electron chi connectivity index (χ3n) is 5.57. The van der Waals surface area contributed by atoms with Crippen molar-refractivity contribution >= 4 is 11.8 Å². The molecule has 0 spiro atoms. The van der Waals surface area contributed by atoms with Crippen molar-refractivity contribution in [3.8, 4) is 0 Å². The molecule has 29 heavy (non-hydrogen) atoms. The highest BCUT2D eigenvalue weighted by molar-refractivity contribution is 5.88. The van der Waals surface area contributed by atoms with Gasteiger partial charge in [-0.1, -0.05) is 60.2 Å². The third kappa shape index (κ3) is 6.74. The fourth-order valence-corrected chi connectivity index (χ4v) is 3.84. The minimum Gasteiger partial charge on any atom is -0.344 e. The van der Waals surface area contributed by atoms with Crippen LogP contribution in [0.4, 0.5) is 0 Å². The largest absolute Gasteiger partial charge is 0.344 e. The molecule has 2 aromatic carbocycles. The first kappa shape index (κ1) is 21.1. The van der Waals surface area contributed by atoms with Gasteiger partial charge in [0.15, 0.2) is 0 Å².